The van der Waals surface area contributed by atoms with Crippen molar-refractivity contribution >= 4 is 5.91 Å². The highest BCUT2D eigenvalue weighted by molar-refractivity contribution is 5.97. The van der Waals surface area contributed by atoms with Crippen LogP contribution in [0.2, 0.25) is 0 Å². The molecule has 0 aromatic heterocycles. The monoisotopic (exact) mass is 274 g/mol. The number of amides is 1. The molecule has 106 valence electrons. The number of halogens is 1. The molecule has 0 radical (unpaired) electrons. The zero-order chi connectivity index (χ0) is 14.6. The first-order valence-electron chi connectivity index (χ1n) is 6.85. The van der Waals surface area contributed by atoms with Gasteiger partial charge < -0.3 is 11.1 Å². The van der Waals surface area contributed by atoms with Crippen molar-refractivity contribution in [2.75, 3.05) is 6.54 Å². The molecule has 20 heavy (non-hydrogen) atoms. The van der Waals surface area contributed by atoms with E-state index in [1.165, 1.54) is 18.2 Å². The lowest BCUT2D eigenvalue weighted by atomic mass is 9.99. The lowest BCUT2D eigenvalue weighted by Gasteiger charge is -2.25. The fraction of sp³-hybridized carbons (Fsp3) is 0.438. The minimum absolute atomic E-state index is 0.163. The number of benzene rings is 1. The molecule has 2 rings (SSSR count). The summed E-state index contributed by atoms with van der Waals surface area (Å²) in [6.07, 6.45) is 4.20. The van der Waals surface area contributed by atoms with Gasteiger partial charge in [-0.3, -0.25) is 4.79 Å². The Labute approximate surface area is 118 Å². The molecule has 1 aromatic carbocycles. The smallest absolute Gasteiger partial charge is 0.252 e. The molecule has 0 aliphatic heterocycles. The van der Waals surface area contributed by atoms with Crippen LogP contribution in [0.1, 0.15) is 48.5 Å². The third-order valence-electron chi connectivity index (χ3n) is 3.67. The van der Waals surface area contributed by atoms with Gasteiger partial charge in [0.2, 0.25) is 0 Å². The fourth-order valence-corrected chi connectivity index (χ4v) is 2.59. The summed E-state index contributed by atoms with van der Waals surface area (Å²) >= 11 is 0. The summed E-state index contributed by atoms with van der Waals surface area (Å²) in [5.41, 5.74) is 5.95. The molecule has 0 unspecified atom stereocenters. The maximum Gasteiger partial charge on any atom is 0.252 e. The Kier molecular flexibility index (Phi) is 4.41. The van der Waals surface area contributed by atoms with E-state index < -0.39 is 5.82 Å². The summed E-state index contributed by atoms with van der Waals surface area (Å²) in [6, 6.07) is 4.03. The first kappa shape index (κ1) is 14.5. The SMILES string of the molecule is CC1(NC(=O)c2ccc(F)cc2C#CCN)CCCC1. The van der Waals surface area contributed by atoms with E-state index in [1.807, 2.05) is 6.92 Å². The lowest BCUT2D eigenvalue weighted by Crippen LogP contribution is -2.43. The third-order valence-corrected chi connectivity index (χ3v) is 3.67. The molecule has 1 amide bonds. The number of carbonyl (C=O) groups is 1. The maximum atomic E-state index is 13.3. The minimum Gasteiger partial charge on any atom is -0.347 e. The van der Waals surface area contributed by atoms with Crippen LogP contribution in [0.25, 0.3) is 0 Å². The summed E-state index contributed by atoms with van der Waals surface area (Å²) in [5.74, 6) is 4.81. The van der Waals surface area contributed by atoms with Crippen molar-refractivity contribution in [3.8, 4) is 11.8 Å². The molecule has 3 nitrogen and oxygen atoms in total. The van der Waals surface area contributed by atoms with Crippen LogP contribution in [0.3, 0.4) is 0 Å². The van der Waals surface area contributed by atoms with Crippen LogP contribution < -0.4 is 11.1 Å². The van der Waals surface area contributed by atoms with Gasteiger partial charge in [0.1, 0.15) is 5.82 Å². The van der Waals surface area contributed by atoms with Gasteiger partial charge in [0.15, 0.2) is 0 Å². The quantitative estimate of drug-likeness (QED) is 0.812. The number of rotatable bonds is 2. The standard InChI is InChI=1S/C16H19FN2O/c1-16(8-2-3-9-16)19-15(20)14-7-6-13(17)11-12(14)5-4-10-18/h6-7,11H,2-3,8-10,18H2,1H3,(H,19,20). The second-order valence-corrected chi connectivity index (χ2v) is 5.42. The Balaban J connectivity index is 2.25. The van der Waals surface area contributed by atoms with Crippen LogP contribution in [0.15, 0.2) is 18.2 Å². The van der Waals surface area contributed by atoms with Gasteiger partial charge in [-0.1, -0.05) is 24.7 Å². The number of nitrogens with one attached hydrogen (secondary N) is 1. The summed E-state index contributed by atoms with van der Waals surface area (Å²) in [4.78, 5) is 12.4. The number of hydrogen-bond donors (Lipinski definition) is 2. The average molecular weight is 274 g/mol. The van der Waals surface area contributed by atoms with Gasteiger partial charge in [0.05, 0.1) is 12.1 Å². The van der Waals surface area contributed by atoms with E-state index in [2.05, 4.69) is 17.2 Å². The van der Waals surface area contributed by atoms with Crippen LogP contribution in [-0.2, 0) is 0 Å². The second kappa shape index (κ2) is 6.06. The Morgan fingerprint density at radius 3 is 2.80 bits per heavy atom. The van der Waals surface area contributed by atoms with Gasteiger partial charge in [-0.25, -0.2) is 4.39 Å². The summed E-state index contributed by atoms with van der Waals surface area (Å²) < 4.78 is 13.3. The van der Waals surface area contributed by atoms with Gasteiger partial charge in [-0.05, 0) is 38.0 Å². The van der Waals surface area contributed by atoms with Crippen molar-refractivity contribution in [3.05, 3.63) is 35.1 Å². The van der Waals surface area contributed by atoms with E-state index in [0.29, 0.717) is 11.1 Å². The van der Waals surface area contributed by atoms with Gasteiger partial charge >= 0.3 is 0 Å². The molecule has 1 saturated carbocycles. The molecule has 3 N–H and O–H groups in total. The van der Waals surface area contributed by atoms with Crippen molar-refractivity contribution < 1.29 is 9.18 Å². The van der Waals surface area contributed by atoms with E-state index in [4.69, 9.17) is 5.73 Å². The Bertz CT molecular complexity index is 566. The van der Waals surface area contributed by atoms with Gasteiger partial charge in [-0.2, -0.15) is 0 Å². The predicted molar refractivity (Wildman–Crippen MR) is 76.7 cm³/mol. The minimum atomic E-state index is -0.407. The van der Waals surface area contributed by atoms with Crippen molar-refractivity contribution in [1.82, 2.24) is 5.32 Å². The molecule has 1 aromatic rings. The molecular weight excluding hydrogens is 255 g/mol. The largest absolute Gasteiger partial charge is 0.347 e. The summed E-state index contributed by atoms with van der Waals surface area (Å²) in [7, 11) is 0. The van der Waals surface area contributed by atoms with E-state index in [0.717, 1.165) is 25.7 Å². The van der Waals surface area contributed by atoms with Gasteiger partial charge in [-0.15, -0.1) is 0 Å². The summed E-state index contributed by atoms with van der Waals surface area (Å²) in [5, 5.41) is 3.05. The Morgan fingerprint density at radius 2 is 2.15 bits per heavy atom. The van der Waals surface area contributed by atoms with Crippen molar-refractivity contribution in [2.45, 2.75) is 38.1 Å². The Morgan fingerprint density at radius 1 is 1.45 bits per heavy atom. The molecule has 1 aliphatic rings. The summed E-state index contributed by atoms with van der Waals surface area (Å²) in [6.45, 7) is 2.22. The molecule has 4 heteroatoms. The molecule has 1 aliphatic carbocycles. The van der Waals surface area contributed by atoms with Gasteiger partial charge in [0.25, 0.3) is 5.91 Å². The van der Waals surface area contributed by atoms with Crippen molar-refractivity contribution in [3.63, 3.8) is 0 Å². The van der Waals surface area contributed by atoms with E-state index >= 15 is 0 Å². The Hall–Kier alpha value is -1.86. The van der Waals surface area contributed by atoms with E-state index in [1.54, 1.807) is 0 Å². The van der Waals surface area contributed by atoms with E-state index in [9.17, 15) is 9.18 Å². The molecule has 0 saturated heterocycles. The predicted octanol–water partition coefficient (Wildman–Crippen LogP) is 2.20. The number of nitrogens with two attached hydrogens (primary N) is 1. The zero-order valence-corrected chi connectivity index (χ0v) is 11.6. The van der Waals surface area contributed by atoms with Gasteiger partial charge in [0, 0.05) is 11.1 Å². The highest BCUT2D eigenvalue weighted by Crippen LogP contribution is 2.29. The first-order chi connectivity index (χ1) is 9.54. The molecule has 0 heterocycles. The van der Waals surface area contributed by atoms with E-state index in [-0.39, 0.29) is 18.0 Å². The number of hydrogen-bond acceptors (Lipinski definition) is 2. The zero-order valence-electron chi connectivity index (χ0n) is 11.6. The molecule has 0 atom stereocenters. The third kappa shape index (κ3) is 3.37. The molecule has 1 fully saturated rings. The van der Waals surface area contributed by atoms with Crippen LogP contribution in [0, 0.1) is 17.7 Å². The topological polar surface area (TPSA) is 55.1 Å². The highest BCUT2D eigenvalue weighted by atomic mass is 19.1. The van der Waals surface area contributed by atoms with Crippen LogP contribution in [0.5, 0.6) is 0 Å². The van der Waals surface area contributed by atoms with Crippen LogP contribution >= 0.6 is 0 Å². The van der Waals surface area contributed by atoms with Crippen molar-refractivity contribution in [2.24, 2.45) is 5.73 Å². The lowest BCUT2D eigenvalue weighted by molar-refractivity contribution is 0.0908. The molecular formula is C16H19FN2O. The van der Waals surface area contributed by atoms with Crippen LogP contribution in [0.4, 0.5) is 4.39 Å². The molecule has 0 spiro atoms. The number of carbonyl (C=O) groups excluding carboxylic acids is 1. The van der Waals surface area contributed by atoms with Crippen molar-refractivity contribution in [1.29, 1.82) is 0 Å². The van der Waals surface area contributed by atoms with Crippen LogP contribution in [-0.4, -0.2) is 18.0 Å². The maximum absolute atomic E-state index is 13.3. The fourth-order valence-electron chi connectivity index (χ4n) is 2.59. The first-order valence-corrected chi connectivity index (χ1v) is 6.85. The normalized spacial score (nSPS) is 16.4. The molecule has 0 bridgehead atoms. The highest BCUT2D eigenvalue weighted by Gasteiger charge is 2.30. The second-order valence-electron chi connectivity index (χ2n) is 5.42. The average Bonchev–Trinajstić information content (AvgIpc) is 2.82.